The average Bonchev–Trinajstić information content (AvgIpc) is 2.87. The van der Waals surface area contributed by atoms with E-state index in [1.807, 2.05) is 0 Å². The van der Waals surface area contributed by atoms with Crippen LogP contribution in [-0.4, -0.2) is 0 Å². The summed E-state index contributed by atoms with van der Waals surface area (Å²) in [5.74, 6) is 2.07. The number of aryl methyl sites for hydroxylation is 2. The second kappa shape index (κ2) is 6.41. The van der Waals surface area contributed by atoms with Gasteiger partial charge in [-0.15, -0.1) is 0 Å². The molecule has 18 heavy (non-hydrogen) atoms. The highest BCUT2D eigenvalue weighted by Gasteiger charge is 2.02. The Morgan fingerprint density at radius 1 is 0.833 bits per heavy atom. The fourth-order valence-electron chi connectivity index (χ4n) is 2.10. The summed E-state index contributed by atoms with van der Waals surface area (Å²) in [6.07, 6.45) is 2.04. The molecule has 1 heterocycles. The third-order valence-electron chi connectivity index (χ3n) is 3.18. The van der Waals surface area contributed by atoms with Crippen LogP contribution in [0.5, 0.6) is 0 Å². The van der Waals surface area contributed by atoms with Crippen molar-refractivity contribution in [3.8, 4) is 0 Å². The molecule has 2 rings (SSSR count). The Morgan fingerprint density at radius 3 is 2.22 bits per heavy atom. The van der Waals surface area contributed by atoms with Crippen molar-refractivity contribution in [2.45, 2.75) is 39.8 Å². The van der Waals surface area contributed by atoms with Gasteiger partial charge in [-0.05, 0) is 29.7 Å². The van der Waals surface area contributed by atoms with E-state index in [-0.39, 0.29) is 0 Å². The van der Waals surface area contributed by atoms with Crippen LogP contribution in [0.3, 0.4) is 0 Å². The largest absolute Gasteiger partial charge is 0.465 e. The molecule has 0 saturated heterocycles. The molecule has 2 aromatic rings. The first-order valence-electron chi connectivity index (χ1n) is 6.68. The molecule has 2 nitrogen and oxygen atoms in total. The standard InChI is InChI=1S/C16H21NO/c1-3-13-7-5-6-8-14(13)11-17-12-16-10-9-15(4-2)18-16/h5-10,17H,3-4,11-12H2,1-2H3. The number of furan rings is 1. The van der Waals surface area contributed by atoms with Gasteiger partial charge in [0.25, 0.3) is 0 Å². The molecule has 0 unspecified atom stereocenters. The monoisotopic (exact) mass is 243 g/mol. The summed E-state index contributed by atoms with van der Waals surface area (Å²) in [5, 5.41) is 3.44. The van der Waals surface area contributed by atoms with E-state index in [0.29, 0.717) is 0 Å². The lowest BCUT2D eigenvalue weighted by atomic mass is 10.1. The number of hydrogen-bond donors (Lipinski definition) is 1. The summed E-state index contributed by atoms with van der Waals surface area (Å²) in [7, 11) is 0. The molecule has 1 N–H and O–H groups in total. The lowest BCUT2D eigenvalue weighted by Crippen LogP contribution is -2.13. The van der Waals surface area contributed by atoms with Gasteiger partial charge in [-0.1, -0.05) is 38.1 Å². The zero-order valence-corrected chi connectivity index (χ0v) is 11.2. The molecule has 0 saturated carbocycles. The van der Waals surface area contributed by atoms with Gasteiger partial charge >= 0.3 is 0 Å². The predicted octanol–water partition coefficient (Wildman–Crippen LogP) is 3.69. The Kier molecular flexibility index (Phi) is 4.59. The average molecular weight is 243 g/mol. The predicted molar refractivity (Wildman–Crippen MR) is 74.4 cm³/mol. The van der Waals surface area contributed by atoms with Gasteiger partial charge in [0.2, 0.25) is 0 Å². The first-order chi connectivity index (χ1) is 8.83. The first kappa shape index (κ1) is 12.9. The van der Waals surface area contributed by atoms with Crippen LogP contribution in [0.2, 0.25) is 0 Å². The summed E-state index contributed by atoms with van der Waals surface area (Å²) < 4.78 is 5.66. The Balaban J connectivity index is 1.88. The highest BCUT2D eigenvalue weighted by atomic mass is 16.3. The van der Waals surface area contributed by atoms with E-state index in [2.05, 4.69) is 55.6 Å². The van der Waals surface area contributed by atoms with Gasteiger partial charge < -0.3 is 9.73 Å². The highest BCUT2D eigenvalue weighted by molar-refractivity contribution is 5.26. The number of benzene rings is 1. The summed E-state index contributed by atoms with van der Waals surface area (Å²) >= 11 is 0. The fraction of sp³-hybridized carbons (Fsp3) is 0.375. The summed E-state index contributed by atoms with van der Waals surface area (Å²) in [4.78, 5) is 0. The van der Waals surface area contributed by atoms with E-state index in [1.165, 1.54) is 11.1 Å². The van der Waals surface area contributed by atoms with Crippen molar-refractivity contribution in [1.82, 2.24) is 5.32 Å². The smallest absolute Gasteiger partial charge is 0.117 e. The maximum Gasteiger partial charge on any atom is 0.117 e. The van der Waals surface area contributed by atoms with Crippen LogP contribution in [0.4, 0.5) is 0 Å². The second-order valence-corrected chi connectivity index (χ2v) is 4.45. The first-order valence-corrected chi connectivity index (χ1v) is 6.68. The minimum atomic E-state index is 0.790. The molecule has 0 spiro atoms. The molecule has 0 aliphatic heterocycles. The van der Waals surface area contributed by atoms with Gasteiger partial charge in [0, 0.05) is 13.0 Å². The van der Waals surface area contributed by atoms with Gasteiger partial charge in [0.1, 0.15) is 11.5 Å². The van der Waals surface area contributed by atoms with Crippen LogP contribution in [0.25, 0.3) is 0 Å². The fourth-order valence-corrected chi connectivity index (χ4v) is 2.10. The quantitative estimate of drug-likeness (QED) is 0.837. The van der Waals surface area contributed by atoms with Gasteiger partial charge in [-0.25, -0.2) is 0 Å². The number of rotatable bonds is 6. The molecule has 0 amide bonds. The number of hydrogen-bond acceptors (Lipinski definition) is 2. The van der Waals surface area contributed by atoms with E-state index in [4.69, 9.17) is 4.42 Å². The van der Waals surface area contributed by atoms with E-state index < -0.39 is 0 Å². The molecular weight excluding hydrogens is 222 g/mol. The molecule has 96 valence electrons. The molecule has 0 atom stereocenters. The Labute approximate surface area is 109 Å². The van der Waals surface area contributed by atoms with Crippen molar-refractivity contribution in [2.75, 3.05) is 0 Å². The number of nitrogens with one attached hydrogen (secondary N) is 1. The van der Waals surface area contributed by atoms with Crippen LogP contribution < -0.4 is 5.32 Å². The molecule has 0 aliphatic carbocycles. The van der Waals surface area contributed by atoms with E-state index in [0.717, 1.165) is 37.5 Å². The lowest BCUT2D eigenvalue weighted by Gasteiger charge is -2.08. The SMILES string of the molecule is CCc1ccc(CNCc2ccccc2CC)o1. The van der Waals surface area contributed by atoms with Gasteiger partial charge in [-0.3, -0.25) is 0 Å². The van der Waals surface area contributed by atoms with Crippen molar-refractivity contribution in [3.63, 3.8) is 0 Å². The third kappa shape index (κ3) is 3.23. The molecule has 0 aliphatic rings. The molecule has 2 heteroatoms. The van der Waals surface area contributed by atoms with Crippen molar-refractivity contribution in [3.05, 3.63) is 59.0 Å². The normalized spacial score (nSPS) is 10.8. The van der Waals surface area contributed by atoms with Crippen LogP contribution in [-0.2, 0) is 25.9 Å². The van der Waals surface area contributed by atoms with Gasteiger partial charge in [0.05, 0.1) is 6.54 Å². The Morgan fingerprint density at radius 2 is 1.56 bits per heavy atom. The molecule has 0 fully saturated rings. The summed E-state index contributed by atoms with van der Waals surface area (Å²) in [6.45, 7) is 5.98. The van der Waals surface area contributed by atoms with Crippen molar-refractivity contribution >= 4 is 0 Å². The molecule has 0 bridgehead atoms. The van der Waals surface area contributed by atoms with Crippen LogP contribution >= 0.6 is 0 Å². The van der Waals surface area contributed by atoms with Crippen LogP contribution in [0.1, 0.15) is 36.5 Å². The molecule has 1 aromatic heterocycles. The highest BCUT2D eigenvalue weighted by Crippen LogP contribution is 2.11. The summed E-state index contributed by atoms with van der Waals surface area (Å²) in [6, 6.07) is 12.7. The molecular formula is C16H21NO. The minimum absolute atomic E-state index is 0.790. The summed E-state index contributed by atoms with van der Waals surface area (Å²) in [5.41, 5.74) is 2.79. The van der Waals surface area contributed by atoms with Gasteiger partial charge in [0.15, 0.2) is 0 Å². The van der Waals surface area contributed by atoms with Gasteiger partial charge in [-0.2, -0.15) is 0 Å². The topological polar surface area (TPSA) is 25.2 Å². The van der Waals surface area contributed by atoms with E-state index >= 15 is 0 Å². The minimum Gasteiger partial charge on any atom is -0.465 e. The van der Waals surface area contributed by atoms with Crippen molar-refractivity contribution in [2.24, 2.45) is 0 Å². The second-order valence-electron chi connectivity index (χ2n) is 4.45. The Hall–Kier alpha value is -1.54. The van der Waals surface area contributed by atoms with Crippen molar-refractivity contribution < 1.29 is 4.42 Å². The third-order valence-corrected chi connectivity index (χ3v) is 3.18. The van der Waals surface area contributed by atoms with Crippen molar-refractivity contribution in [1.29, 1.82) is 0 Å². The van der Waals surface area contributed by atoms with E-state index in [9.17, 15) is 0 Å². The zero-order chi connectivity index (χ0) is 12.8. The Bertz CT molecular complexity index is 487. The maximum atomic E-state index is 5.66. The van der Waals surface area contributed by atoms with Crippen LogP contribution in [0, 0.1) is 0 Å². The molecule has 1 aromatic carbocycles. The van der Waals surface area contributed by atoms with Crippen LogP contribution in [0.15, 0.2) is 40.8 Å². The zero-order valence-electron chi connectivity index (χ0n) is 11.2. The lowest BCUT2D eigenvalue weighted by molar-refractivity contribution is 0.450. The molecule has 0 radical (unpaired) electrons. The maximum absolute atomic E-state index is 5.66. The van der Waals surface area contributed by atoms with E-state index in [1.54, 1.807) is 0 Å².